The van der Waals surface area contributed by atoms with Crippen molar-refractivity contribution < 1.29 is 23.3 Å². The van der Waals surface area contributed by atoms with Gasteiger partial charge in [-0.3, -0.25) is 9.36 Å². The Balaban J connectivity index is 1.22. The van der Waals surface area contributed by atoms with Gasteiger partial charge in [0.1, 0.15) is 26.1 Å². The Labute approximate surface area is 273 Å². The summed E-state index contributed by atoms with van der Waals surface area (Å²) in [7, 11) is -1.89. The number of fused-ring (bicyclic) bond motifs is 1. The SMILES string of the molecule is CC[C@H]1O[C@@H](n2ccc(NC(=O)C(C)C)nc2=O)[C@@H](OC)C1O[P@]1O[C@H](C[Si](C)(c2ccccc2)c2ccccc2)[C@@H]2CCCN21. The van der Waals surface area contributed by atoms with Crippen molar-refractivity contribution in [3.63, 3.8) is 0 Å². The van der Waals surface area contributed by atoms with Crippen LogP contribution in [0.1, 0.15) is 46.3 Å². The molecule has 46 heavy (non-hydrogen) atoms. The first-order valence-corrected chi connectivity index (χ1v) is 20.2. The van der Waals surface area contributed by atoms with Crippen LogP contribution < -0.4 is 21.4 Å². The highest BCUT2D eigenvalue weighted by Gasteiger charge is 2.54. The minimum absolute atomic E-state index is 0.0466. The molecule has 246 valence electrons. The van der Waals surface area contributed by atoms with Crippen LogP contribution in [0.4, 0.5) is 5.82 Å². The number of hydrogen-bond acceptors (Lipinski definition) is 8. The lowest BCUT2D eigenvalue weighted by Crippen LogP contribution is -2.58. The molecule has 0 spiro atoms. The maximum atomic E-state index is 13.1. The van der Waals surface area contributed by atoms with Gasteiger partial charge in [0.15, 0.2) is 6.23 Å². The van der Waals surface area contributed by atoms with E-state index in [9.17, 15) is 9.59 Å². The van der Waals surface area contributed by atoms with Gasteiger partial charge in [0.2, 0.25) is 5.91 Å². The molecule has 1 unspecified atom stereocenters. The molecule has 12 heteroatoms. The normalized spacial score (nSPS) is 28.1. The first-order valence-electron chi connectivity index (χ1n) is 16.3. The Morgan fingerprint density at radius 1 is 1.07 bits per heavy atom. The third kappa shape index (κ3) is 6.51. The molecule has 3 aromatic rings. The van der Waals surface area contributed by atoms with Gasteiger partial charge in [0.25, 0.3) is 8.53 Å². The summed E-state index contributed by atoms with van der Waals surface area (Å²) in [6.45, 7) is 9.00. The van der Waals surface area contributed by atoms with Crippen LogP contribution in [0.2, 0.25) is 12.6 Å². The lowest BCUT2D eigenvalue weighted by Gasteiger charge is -2.32. The number of carbonyl (C=O) groups is 1. The van der Waals surface area contributed by atoms with E-state index in [4.69, 9.17) is 18.5 Å². The number of benzene rings is 2. The second-order valence-electron chi connectivity index (χ2n) is 12.9. The quantitative estimate of drug-likeness (QED) is 0.236. The van der Waals surface area contributed by atoms with Crippen molar-refractivity contribution in [2.75, 3.05) is 19.0 Å². The molecule has 4 heterocycles. The van der Waals surface area contributed by atoms with Gasteiger partial charge in [-0.2, -0.15) is 4.98 Å². The minimum Gasteiger partial charge on any atom is -0.374 e. The van der Waals surface area contributed by atoms with Gasteiger partial charge in [0, 0.05) is 31.8 Å². The molecular formula is C34H45N4O6PSi. The monoisotopic (exact) mass is 664 g/mol. The fraction of sp³-hybridized carbons (Fsp3) is 0.500. The van der Waals surface area contributed by atoms with Crippen LogP contribution in [0.15, 0.2) is 77.7 Å². The number of anilines is 1. The summed E-state index contributed by atoms with van der Waals surface area (Å²) in [5, 5.41) is 5.49. The summed E-state index contributed by atoms with van der Waals surface area (Å²) in [5.74, 6) is -0.225. The van der Waals surface area contributed by atoms with E-state index in [1.807, 2.05) is 6.92 Å². The van der Waals surface area contributed by atoms with Crippen LogP contribution in [-0.4, -0.2) is 72.3 Å². The molecule has 2 aromatic carbocycles. The molecule has 0 bridgehead atoms. The van der Waals surface area contributed by atoms with Crippen LogP contribution in [0.5, 0.6) is 0 Å². The zero-order valence-corrected chi connectivity index (χ0v) is 29.1. The predicted molar refractivity (Wildman–Crippen MR) is 182 cm³/mol. The summed E-state index contributed by atoms with van der Waals surface area (Å²) < 4.78 is 30.1. The number of carbonyl (C=O) groups excluding carboxylic acids is 1. The summed E-state index contributed by atoms with van der Waals surface area (Å²) in [5.41, 5.74) is -0.530. The molecule has 0 aliphatic carbocycles. The lowest BCUT2D eigenvalue weighted by atomic mass is 10.1. The van der Waals surface area contributed by atoms with Gasteiger partial charge in [-0.25, -0.2) is 9.46 Å². The predicted octanol–water partition coefficient (Wildman–Crippen LogP) is 4.53. The molecule has 10 nitrogen and oxygen atoms in total. The van der Waals surface area contributed by atoms with Gasteiger partial charge >= 0.3 is 5.69 Å². The highest BCUT2D eigenvalue weighted by Crippen LogP contribution is 2.59. The van der Waals surface area contributed by atoms with Crippen molar-refractivity contribution in [2.45, 2.75) is 89.3 Å². The largest absolute Gasteiger partial charge is 0.374 e. The maximum absolute atomic E-state index is 13.1. The first-order chi connectivity index (χ1) is 22.2. The smallest absolute Gasteiger partial charge is 0.351 e. The highest BCUT2D eigenvalue weighted by atomic mass is 31.2. The van der Waals surface area contributed by atoms with E-state index in [0.29, 0.717) is 12.5 Å². The molecule has 0 saturated carbocycles. The number of methoxy groups -OCH3 is 1. The molecule has 3 fully saturated rings. The molecule has 1 amide bonds. The van der Waals surface area contributed by atoms with E-state index >= 15 is 0 Å². The number of nitrogens with zero attached hydrogens (tertiary/aromatic N) is 3. The van der Waals surface area contributed by atoms with Crippen LogP contribution >= 0.6 is 8.53 Å². The average Bonchev–Trinajstić information content (AvgIpc) is 3.77. The molecule has 3 aliphatic rings. The Kier molecular flexibility index (Phi) is 10.2. The molecule has 1 aromatic heterocycles. The third-order valence-corrected chi connectivity index (χ3v) is 15.8. The van der Waals surface area contributed by atoms with Crippen molar-refractivity contribution in [3.05, 3.63) is 83.4 Å². The third-order valence-electron chi connectivity index (χ3n) is 9.62. The van der Waals surface area contributed by atoms with Crippen molar-refractivity contribution >= 4 is 38.7 Å². The lowest BCUT2D eigenvalue weighted by molar-refractivity contribution is -0.118. The maximum Gasteiger partial charge on any atom is 0.351 e. The van der Waals surface area contributed by atoms with E-state index in [0.717, 1.165) is 25.4 Å². The Morgan fingerprint density at radius 2 is 1.74 bits per heavy atom. The Hall–Kier alpha value is -2.76. The molecule has 7 atom stereocenters. The number of ether oxygens (including phenoxy) is 2. The van der Waals surface area contributed by atoms with E-state index < -0.39 is 40.7 Å². The Morgan fingerprint density at radius 3 is 2.33 bits per heavy atom. The molecule has 6 rings (SSSR count). The van der Waals surface area contributed by atoms with Gasteiger partial charge in [-0.1, -0.05) is 98.4 Å². The van der Waals surface area contributed by atoms with Gasteiger partial charge in [-0.15, -0.1) is 0 Å². The van der Waals surface area contributed by atoms with Crippen LogP contribution in [0.3, 0.4) is 0 Å². The van der Waals surface area contributed by atoms with Crippen molar-refractivity contribution in [1.29, 1.82) is 0 Å². The molecule has 0 radical (unpaired) electrons. The van der Waals surface area contributed by atoms with Crippen LogP contribution in [-0.2, 0) is 23.3 Å². The second-order valence-corrected chi connectivity index (χ2v) is 18.6. The number of nitrogens with one attached hydrogen (secondary N) is 1. The number of rotatable bonds is 11. The van der Waals surface area contributed by atoms with E-state index in [2.05, 4.69) is 82.2 Å². The van der Waals surface area contributed by atoms with Gasteiger partial charge in [-0.05, 0) is 31.4 Å². The van der Waals surface area contributed by atoms with E-state index in [-0.39, 0.29) is 29.9 Å². The molecule has 3 saturated heterocycles. The van der Waals surface area contributed by atoms with Crippen LogP contribution in [0.25, 0.3) is 0 Å². The van der Waals surface area contributed by atoms with E-state index in [1.165, 1.54) is 14.9 Å². The zero-order chi connectivity index (χ0) is 32.4. The van der Waals surface area contributed by atoms with Gasteiger partial charge in [0.05, 0.1) is 12.2 Å². The number of hydrogen-bond donors (Lipinski definition) is 1. The van der Waals surface area contributed by atoms with E-state index in [1.54, 1.807) is 33.2 Å². The highest BCUT2D eigenvalue weighted by molar-refractivity contribution is 7.45. The summed E-state index contributed by atoms with van der Waals surface area (Å²) in [4.78, 5) is 29.4. The zero-order valence-electron chi connectivity index (χ0n) is 27.2. The summed E-state index contributed by atoms with van der Waals surface area (Å²) in [6, 6.07) is 24.7. The fourth-order valence-corrected chi connectivity index (χ4v) is 12.9. The van der Waals surface area contributed by atoms with Crippen molar-refractivity contribution in [3.8, 4) is 0 Å². The fourth-order valence-electron chi connectivity index (χ4n) is 6.97. The average molecular weight is 665 g/mol. The topological polar surface area (TPSA) is 104 Å². The Bertz CT molecular complexity index is 1510. The summed E-state index contributed by atoms with van der Waals surface area (Å²) in [6.07, 6.45) is 2.48. The molecular weight excluding hydrogens is 619 g/mol. The number of amides is 1. The first kappa shape index (κ1) is 33.1. The molecule has 3 aliphatic heterocycles. The van der Waals surface area contributed by atoms with Crippen molar-refractivity contribution in [1.82, 2.24) is 14.2 Å². The standard InChI is InChI=1S/C34H45N4O6PSi/c1-6-27-30(31(41-4)33(42-27)37-21-19-29(36-34(37)40)35-32(39)23(2)3)44-45-38-20-13-18-26(38)28(43-45)22-46(5,24-14-9-7-10-15-24)25-16-11-8-12-17-25/h7-12,14-17,19,21,23,26-28,30-31,33H,6,13,18,20,22H2,1-5H3,(H,35,36,39,40)/t26-,27+,28+,30?,31-,33+,45-/m0/s1. The second kappa shape index (κ2) is 14.2. The molecule has 1 N–H and O–H groups in total. The number of aromatic nitrogens is 2. The van der Waals surface area contributed by atoms with Crippen molar-refractivity contribution in [2.24, 2.45) is 5.92 Å². The minimum atomic E-state index is -2.14. The van der Waals surface area contributed by atoms with Gasteiger partial charge < -0.3 is 23.8 Å². The van der Waals surface area contributed by atoms with Crippen LogP contribution in [0, 0.1) is 5.92 Å². The summed E-state index contributed by atoms with van der Waals surface area (Å²) >= 11 is 0.